The summed E-state index contributed by atoms with van der Waals surface area (Å²) in [6, 6.07) is 6.20. The Morgan fingerprint density at radius 3 is 2.51 bits per heavy atom. The van der Waals surface area contributed by atoms with Crippen molar-refractivity contribution in [2.24, 2.45) is 0 Å². The average Bonchev–Trinajstić information content (AvgIpc) is 3.49. The molecule has 0 bridgehead atoms. The molecule has 1 aliphatic carbocycles. The highest BCUT2D eigenvalue weighted by atomic mass is 35.5. The summed E-state index contributed by atoms with van der Waals surface area (Å²) >= 11 is 12.1. The molecule has 4 rings (SSSR count). The van der Waals surface area contributed by atoms with Crippen molar-refractivity contribution < 1.29 is 32.6 Å². The van der Waals surface area contributed by atoms with E-state index < -0.39 is 38.4 Å². The molecular formula is C23H24Cl2N2O7S. The minimum absolute atomic E-state index is 0.0394. The van der Waals surface area contributed by atoms with E-state index in [9.17, 15) is 23.1 Å². The number of hydrogen-bond acceptors (Lipinski definition) is 7. The molecule has 2 heterocycles. The molecule has 12 heteroatoms. The molecule has 2 atom stereocenters. The third kappa shape index (κ3) is 4.97. The second-order valence-corrected chi connectivity index (χ2v) is 11.6. The van der Waals surface area contributed by atoms with Crippen LogP contribution in [0.2, 0.25) is 10.2 Å². The molecule has 1 aliphatic heterocycles. The Hall–Kier alpha value is -2.40. The summed E-state index contributed by atoms with van der Waals surface area (Å²) in [5.74, 6) is -1.29. The SMILES string of the molecule is COCCOc1ccc(S(=O)(=O)C2CC(C(=O)O)N(C(=O)C3(c4ccc(Cl)nc4)CC3)C2)c(Cl)c1. The summed E-state index contributed by atoms with van der Waals surface area (Å²) in [5.41, 5.74) is -0.280. The van der Waals surface area contributed by atoms with E-state index in [4.69, 9.17) is 32.7 Å². The van der Waals surface area contributed by atoms with E-state index in [0.29, 0.717) is 30.8 Å². The van der Waals surface area contributed by atoms with Gasteiger partial charge in [0.2, 0.25) is 5.91 Å². The third-order valence-corrected chi connectivity index (χ3v) is 9.29. The van der Waals surface area contributed by atoms with Gasteiger partial charge in [-0.25, -0.2) is 18.2 Å². The molecule has 2 aromatic rings. The molecule has 2 aliphatic rings. The first-order valence-corrected chi connectivity index (χ1v) is 13.2. The van der Waals surface area contributed by atoms with E-state index >= 15 is 0 Å². The van der Waals surface area contributed by atoms with Crippen LogP contribution >= 0.6 is 23.2 Å². The van der Waals surface area contributed by atoms with E-state index in [1.807, 2.05) is 0 Å². The van der Waals surface area contributed by atoms with Gasteiger partial charge in [0, 0.05) is 25.9 Å². The predicted molar refractivity (Wildman–Crippen MR) is 128 cm³/mol. The lowest BCUT2D eigenvalue weighted by atomic mass is 9.95. The van der Waals surface area contributed by atoms with Crippen LogP contribution in [0.25, 0.3) is 0 Å². The van der Waals surface area contributed by atoms with Crippen LogP contribution in [0.3, 0.4) is 0 Å². The lowest BCUT2D eigenvalue weighted by Crippen LogP contribution is -2.46. The molecule has 9 nitrogen and oxygen atoms in total. The number of pyridine rings is 1. The standard InChI is InChI=1S/C23H24Cl2N2O7S/c1-33-8-9-34-15-3-4-19(17(24)10-15)35(31,32)16-11-18(21(28)29)27(13-16)22(30)23(6-7-23)14-2-5-20(25)26-12-14/h2-5,10,12,16,18H,6-9,11,13H2,1H3,(H,28,29). The molecule has 0 radical (unpaired) electrons. The van der Waals surface area contributed by atoms with Crippen LogP contribution in [0.1, 0.15) is 24.8 Å². The zero-order valence-electron chi connectivity index (χ0n) is 18.8. The van der Waals surface area contributed by atoms with Gasteiger partial charge in [0.25, 0.3) is 0 Å². The first-order chi connectivity index (χ1) is 16.6. The molecule has 1 saturated heterocycles. The highest BCUT2D eigenvalue weighted by Gasteiger charge is 2.57. The van der Waals surface area contributed by atoms with E-state index in [-0.39, 0.29) is 34.6 Å². The smallest absolute Gasteiger partial charge is 0.326 e. The number of carbonyl (C=O) groups excluding carboxylic acids is 1. The number of halogens is 2. The minimum atomic E-state index is -4.04. The number of methoxy groups -OCH3 is 1. The van der Waals surface area contributed by atoms with Crippen LogP contribution in [0.15, 0.2) is 41.4 Å². The highest BCUT2D eigenvalue weighted by molar-refractivity contribution is 7.92. The number of carbonyl (C=O) groups is 2. The zero-order chi connectivity index (χ0) is 25.4. The monoisotopic (exact) mass is 542 g/mol. The van der Waals surface area contributed by atoms with Gasteiger partial charge < -0.3 is 19.5 Å². The predicted octanol–water partition coefficient (Wildman–Crippen LogP) is 2.97. The van der Waals surface area contributed by atoms with Gasteiger partial charge in [-0.3, -0.25) is 4.79 Å². The number of sulfone groups is 1. The Morgan fingerprint density at radius 1 is 1.20 bits per heavy atom. The van der Waals surface area contributed by atoms with Crippen LogP contribution in [0, 0.1) is 0 Å². The van der Waals surface area contributed by atoms with Gasteiger partial charge >= 0.3 is 5.97 Å². The maximum atomic E-state index is 13.5. The number of amides is 1. The minimum Gasteiger partial charge on any atom is -0.491 e. The molecule has 2 fully saturated rings. The van der Waals surface area contributed by atoms with E-state index in [2.05, 4.69) is 4.98 Å². The fourth-order valence-electron chi connectivity index (χ4n) is 4.39. The fourth-order valence-corrected chi connectivity index (χ4v) is 6.74. The number of benzene rings is 1. The molecular weight excluding hydrogens is 519 g/mol. The van der Waals surface area contributed by atoms with Crippen LogP contribution < -0.4 is 4.74 Å². The quantitative estimate of drug-likeness (QED) is 0.379. The Balaban J connectivity index is 1.58. The summed E-state index contributed by atoms with van der Waals surface area (Å²) in [6.45, 7) is 0.376. The van der Waals surface area contributed by atoms with Crippen molar-refractivity contribution in [1.82, 2.24) is 9.88 Å². The van der Waals surface area contributed by atoms with Gasteiger partial charge in [0.1, 0.15) is 23.6 Å². The first kappa shape index (κ1) is 25.7. The van der Waals surface area contributed by atoms with Gasteiger partial charge in [-0.2, -0.15) is 0 Å². The summed E-state index contributed by atoms with van der Waals surface area (Å²) in [5, 5.41) is 8.92. The molecule has 1 aromatic heterocycles. The number of carboxylic acid groups (broad SMARTS) is 1. The highest BCUT2D eigenvalue weighted by Crippen LogP contribution is 2.50. The van der Waals surface area contributed by atoms with Gasteiger partial charge in [0.05, 0.1) is 27.2 Å². The second kappa shape index (κ2) is 9.93. The van der Waals surface area contributed by atoms with Crippen LogP contribution in [-0.4, -0.2) is 73.4 Å². The lowest BCUT2D eigenvalue weighted by molar-refractivity contribution is -0.149. The fraction of sp³-hybridized carbons (Fsp3) is 0.435. The molecule has 2 unspecified atom stereocenters. The van der Waals surface area contributed by atoms with Crippen LogP contribution in [-0.2, 0) is 29.6 Å². The number of aromatic nitrogens is 1. The molecule has 1 amide bonds. The number of rotatable bonds is 9. The van der Waals surface area contributed by atoms with E-state index in [0.717, 1.165) is 0 Å². The summed E-state index contributed by atoms with van der Waals surface area (Å²) in [4.78, 5) is 30.6. The summed E-state index contributed by atoms with van der Waals surface area (Å²) in [7, 11) is -2.51. The van der Waals surface area contributed by atoms with Crippen LogP contribution in [0.4, 0.5) is 0 Å². The largest absolute Gasteiger partial charge is 0.491 e. The van der Waals surface area contributed by atoms with Crippen molar-refractivity contribution in [1.29, 1.82) is 0 Å². The number of ether oxygens (including phenoxy) is 2. The molecule has 1 aromatic carbocycles. The van der Waals surface area contributed by atoms with Crippen molar-refractivity contribution in [3.63, 3.8) is 0 Å². The van der Waals surface area contributed by atoms with E-state index in [1.165, 1.54) is 36.4 Å². The number of nitrogens with zero attached hydrogens (tertiary/aromatic N) is 2. The maximum Gasteiger partial charge on any atom is 0.326 e. The first-order valence-electron chi connectivity index (χ1n) is 10.9. The van der Waals surface area contributed by atoms with Crippen molar-refractivity contribution in [3.05, 3.63) is 52.3 Å². The summed E-state index contributed by atoms with van der Waals surface area (Å²) < 4.78 is 37.2. The number of likely N-dealkylation sites (tertiary alicyclic amines) is 1. The van der Waals surface area contributed by atoms with Crippen molar-refractivity contribution in [3.8, 4) is 5.75 Å². The number of hydrogen-bond donors (Lipinski definition) is 1. The Kier molecular flexibility index (Phi) is 7.28. The molecule has 1 saturated carbocycles. The van der Waals surface area contributed by atoms with Gasteiger partial charge in [-0.05, 0) is 43.0 Å². The van der Waals surface area contributed by atoms with Crippen molar-refractivity contribution in [2.45, 2.75) is 40.9 Å². The van der Waals surface area contributed by atoms with Crippen LogP contribution in [0.5, 0.6) is 5.75 Å². The molecule has 188 valence electrons. The Bertz CT molecular complexity index is 1230. The maximum absolute atomic E-state index is 13.5. The zero-order valence-corrected chi connectivity index (χ0v) is 21.1. The third-order valence-electron chi connectivity index (χ3n) is 6.45. The van der Waals surface area contributed by atoms with Crippen molar-refractivity contribution >= 4 is 44.9 Å². The van der Waals surface area contributed by atoms with Gasteiger partial charge in [-0.1, -0.05) is 29.3 Å². The normalized spacial score (nSPS) is 21.1. The van der Waals surface area contributed by atoms with Gasteiger partial charge in [-0.15, -0.1) is 0 Å². The van der Waals surface area contributed by atoms with E-state index in [1.54, 1.807) is 12.1 Å². The second-order valence-electron chi connectivity index (χ2n) is 8.60. The number of carboxylic acids is 1. The Labute approximate surface area is 212 Å². The molecule has 1 N–H and O–H groups in total. The number of aliphatic carboxylic acids is 1. The topological polar surface area (TPSA) is 123 Å². The Morgan fingerprint density at radius 2 is 1.94 bits per heavy atom. The lowest BCUT2D eigenvalue weighted by Gasteiger charge is -2.27. The summed E-state index contributed by atoms with van der Waals surface area (Å²) in [6.07, 6.45) is 2.31. The molecule has 35 heavy (non-hydrogen) atoms. The molecule has 0 spiro atoms. The van der Waals surface area contributed by atoms with Crippen molar-refractivity contribution in [2.75, 3.05) is 26.9 Å². The van der Waals surface area contributed by atoms with Gasteiger partial charge in [0.15, 0.2) is 9.84 Å². The average molecular weight is 543 g/mol.